The molecule has 0 aliphatic carbocycles. The third-order valence-corrected chi connectivity index (χ3v) is 3.20. The molecule has 0 aliphatic heterocycles. The van der Waals surface area contributed by atoms with Gasteiger partial charge in [-0.15, -0.1) is 0 Å². The van der Waals surface area contributed by atoms with Crippen molar-refractivity contribution in [3.8, 4) is 17.4 Å². The predicted octanol–water partition coefficient (Wildman–Crippen LogP) is 4.36. The summed E-state index contributed by atoms with van der Waals surface area (Å²) in [6.45, 7) is 5.86. The highest BCUT2D eigenvalue weighted by molar-refractivity contribution is 6.30. The number of benzene rings is 1. The Kier molecular flexibility index (Phi) is 4.45. The summed E-state index contributed by atoms with van der Waals surface area (Å²) in [6.07, 6.45) is 0. The first-order valence-corrected chi connectivity index (χ1v) is 6.75. The molecule has 0 saturated heterocycles. The molecule has 0 bridgehead atoms. The van der Waals surface area contributed by atoms with Crippen molar-refractivity contribution >= 4 is 11.6 Å². The lowest BCUT2D eigenvalue weighted by molar-refractivity contribution is 0.406. The number of hydrogen-bond acceptors (Lipinski definition) is 4. The molecular weight excluding hydrogens is 276 g/mol. The molecule has 0 saturated carbocycles. The van der Waals surface area contributed by atoms with Crippen LogP contribution in [0.15, 0.2) is 24.3 Å². The average molecular weight is 293 g/mol. The predicted molar refractivity (Wildman–Crippen MR) is 78.9 cm³/mol. The van der Waals surface area contributed by atoms with Gasteiger partial charge in [-0.1, -0.05) is 31.5 Å². The Bertz CT molecular complexity index is 615. The molecule has 106 valence electrons. The average Bonchev–Trinajstić information content (AvgIpc) is 2.43. The van der Waals surface area contributed by atoms with Gasteiger partial charge in [0, 0.05) is 17.5 Å². The summed E-state index contributed by atoms with van der Waals surface area (Å²) in [4.78, 5) is 8.68. The van der Waals surface area contributed by atoms with E-state index in [1.54, 1.807) is 13.2 Å². The molecule has 0 atom stereocenters. The van der Waals surface area contributed by atoms with Crippen molar-refractivity contribution in [3.05, 3.63) is 40.8 Å². The molecule has 2 aromatic rings. The van der Waals surface area contributed by atoms with Gasteiger partial charge in [0.15, 0.2) is 0 Å². The Balaban J connectivity index is 2.37. The first kappa shape index (κ1) is 14.6. The van der Waals surface area contributed by atoms with Gasteiger partial charge in [0.25, 0.3) is 0 Å². The number of rotatable bonds is 4. The zero-order chi connectivity index (χ0) is 14.7. The van der Waals surface area contributed by atoms with Crippen molar-refractivity contribution < 1.29 is 9.47 Å². The van der Waals surface area contributed by atoms with Gasteiger partial charge in [0.05, 0.1) is 7.11 Å². The molecule has 20 heavy (non-hydrogen) atoms. The molecule has 1 aromatic carbocycles. The summed E-state index contributed by atoms with van der Waals surface area (Å²) in [5, 5.41) is 0.418. The van der Waals surface area contributed by atoms with Crippen LogP contribution in [0.5, 0.6) is 17.4 Å². The maximum absolute atomic E-state index is 6.13. The van der Waals surface area contributed by atoms with Gasteiger partial charge in [0.2, 0.25) is 5.88 Å². The van der Waals surface area contributed by atoms with E-state index in [1.165, 1.54) is 0 Å². The Morgan fingerprint density at radius 3 is 2.50 bits per heavy atom. The quantitative estimate of drug-likeness (QED) is 0.785. The second-order valence-corrected chi connectivity index (χ2v) is 5.10. The smallest absolute Gasteiger partial charge is 0.227 e. The number of methoxy groups -OCH3 is 1. The molecule has 1 heterocycles. The summed E-state index contributed by atoms with van der Waals surface area (Å²) in [5.74, 6) is 2.70. The molecule has 0 aliphatic rings. The highest BCUT2D eigenvalue weighted by atomic mass is 35.5. The number of nitrogens with zero attached hydrogens (tertiary/aromatic N) is 2. The van der Waals surface area contributed by atoms with E-state index in [4.69, 9.17) is 21.1 Å². The zero-order valence-electron chi connectivity index (χ0n) is 12.0. The fourth-order valence-corrected chi connectivity index (χ4v) is 1.79. The number of hydrogen-bond donors (Lipinski definition) is 0. The van der Waals surface area contributed by atoms with Crippen molar-refractivity contribution in [2.24, 2.45) is 0 Å². The Morgan fingerprint density at radius 2 is 1.85 bits per heavy atom. The molecule has 0 amide bonds. The molecule has 1 aromatic heterocycles. The Hall–Kier alpha value is -1.81. The molecule has 0 N–H and O–H groups in total. The van der Waals surface area contributed by atoms with E-state index < -0.39 is 0 Å². The van der Waals surface area contributed by atoms with Gasteiger partial charge >= 0.3 is 0 Å². The topological polar surface area (TPSA) is 44.2 Å². The minimum Gasteiger partial charge on any atom is -0.497 e. The van der Waals surface area contributed by atoms with Crippen molar-refractivity contribution in [3.63, 3.8) is 0 Å². The monoisotopic (exact) mass is 292 g/mol. The lowest BCUT2D eigenvalue weighted by Crippen LogP contribution is -2.02. The van der Waals surface area contributed by atoms with E-state index in [9.17, 15) is 0 Å². The van der Waals surface area contributed by atoms with E-state index >= 15 is 0 Å². The third kappa shape index (κ3) is 3.20. The van der Waals surface area contributed by atoms with E-state index in [0.29, 0.717) is 22.6 Å². The maximum Gasteiger partial charge on any atom is 0.227 e. The van der Waals surface area contributed by atoms with Crippen LogP contribution in [-0.4, -0.2) is 17.1 Å². The minimum absolute atomic E-state index is 0.181. The fraction of sp³-hybridized carbons (Fsp3) is 0.333. The van der Waals surface area contributed by atoms with Crippen LogP contribution in [-0.2, 0) is 0 Å². The Labute approximate surface area is 123 Å². The van der Waals surface area contributed by atoms with Crippen LogP contribution in [0.1, 0.15) is 31.2 Å². The van der Waals surface area contributed by atoms with Crippen LogP contribution in [0.4, 0.5) is 0 Å². The van der Waals surface area contributed by atoms with Crippen LogP contribution < -0.4 is 9.47 Å². The second kappa shape index (κ2) is 6.09. The SMILES string of the molecule is COc1cccc(Oc2nc(C(C)C)nc(Cl)c2C)c1. The van der Waals surface area contributed by atoms with Gasteiger partial charge in [0.1, 0.15) is 22.5 Å². The lowest BCUT2D eigenvalue weighted by Gasteiger charge is -2.12. The summed E-state index contributed by atoms with van der Waals surface area (Å²) in [5.41, 5.74) is 0.721. The second-order valence-electron chi connectivity index (χ2n) is 4.74. The van der Waals surface area contributed by atoms with Gasteiger partial charge in [-0.2, -0.15) is 4.98 Å². The maximum atomic E-state index is 6.13. The highest BCUT2D eigenvalue weighted by Crippen LogP contribution is 2.30. The van der Waals surface area contributed by atoms with Crippen molar-refractivity contribution in [2.45, 2.75) is 26.7 Å². The summed E-state index contributed by atoms with van der Waals surface area (Å²) in [7, 11) is 1.61. The van der Waals surface area contributed by atoms with Crippen molar-refractivity contribution in [2.75, 3.05) is 7.11 Å². The van der Waals surface area contributed by atoms with Gasteiger partial charge in [-0.3, -0.25) is 0 Å². The van der Waals surface area contributed by atoms with Crippen LogP contribution >= 0.6 is 11.6 Å². The van der Waals surface area contributed by atoms with E-state index in [-0.39, 0.29) is 5.92 Å². The third-order valence-electron chi connectivity index (χ3n) is 2.83. The molecular formula is C15H17ClN2O2. The van der Waals surface area contributed by atoms with E-state index in [0.717, 1.165) is 11.3 Å². The number of aromatic nitrogens is 2. The highest BCUT2D eigenvalue weighted by Gasteiger charge is 2.13. The summed E-state index contributed by atoms with van der Waals surface area (Å²) >= 11 is 6.13. The zero-order valence-corrected chi connectivity index (χ0v) is 12.7. The summed E-state index contributed by atoms with van der Waals surface area (Å²) < 4.78 is 11.0. The lowest BCUT2D eigenvalue weighted by atomic mass is 10.2. The van der Waals surface area contributed by atoms with Crippen molar-refractivity contribution in [1.29, 1.82) is 0 Å². The molecule has 0 spiro atoms. The van der Waals surface area contributed by atoms with Gasteiger partial charge < -0.3 is 9.47 Å². The normalized spacial score (nSPS) is 10.7. The van der Waals surface area contributed by atoms with Gasteiger partial charge in [-0.05, 0) is 19.1 Å². The minimum atomic E-state index is 0.181. The van der Waals surface area contributed by atoms with Crippen LogP contribution in [0, 0.1) is 6.92 Å². The fourth-order valence-electron chi connectivity index (χ4n) is 1.62. The molecule has 0 unspecified atom stereocenters. The molecule has 0 radical (unpaired) electrons. The molecule has 0 fully saturated rings. The van der Waals surface area contributed by atoms with Crippen LogP contribution in [0.3, 0.4) is 0 Å². The largest absolute Gasteiger partial charge is 0.497 e. The standard InChI is InChI=1S/C15H17ClN2O2/c1-9(2)14-17-13(16)10(3)15(18-14)20-12-7-5-6-11(8-12)19-4/h5-9H,1-4H3. The van der Waals surface area contributed by atoms with Gasteiger partial charge in [-0.25, -0.2) is 4.98 Å². The molecule has 2 rings (SSSR count). The summed E-state index contributed by atoms with van der Waals surface area (Å²) in [6, 6.07) is 7.35. The number of halogens is 1. The molecule has 5 heteroatoms. The first-order valence-electron chi connectivity index (χ1n) is 6.37. The van der Waals surface area contributed by atoms with E-state index in [2.05, 4.69) is 9.97 Å². The number of ether oxygens (including phenoxy) is 2. The van der Waals surface area contributed by atoms with Crippen LogP contribution in [0.25, 0.3) is 0 Å². The Morgan fingerprint density at radius 1 is 1.15 bits per heavy atom. The molecule has 4 nitrogen and oxygen atoms in total. The van der Waals surface area contributed by atoms with Crippen LogP contribution in [0.2, 0.25) is 5.15 Å². The van der Waals surface area contributed by atoms with Crippen molar-refractivity contribution in [1.82, 2.24) is 9.97 Å². The first-order chi connectivity index (χ1) is 9.51. The van der Waals surface area contributed by atoms with E-state index in [1.807, 2.05) is 39.0 Å².